The van der Waals surface area contributed by atoms with Crippen LogP contribution in [0.25, 0.3) is 0 Å². The number of hydrogen-bond acceptors (Lipinski definition) is 7. The van der Waals surface area contributed by atoms with Gasteiger partial charge < -0.3 is 20.9 Å². The monoisotopic (exact) mass is 455 g/mol. The minimum absolute atomic E-state index is 0. The average molecular weight is 455 g/mol. The van der Waals surface area contributed by atoms with E-state index in [9.17, 15) is 0 Å². The van der Waals surface area contributed by atoms with Gasteiger partial charge in [-0.15, -0.1) is 24.0 Å². The minimum atomic E-state index is 0. The van der Waals surface area contributed by atoms with Crippen LogP contribution in [-0.2, 0) is 0 Å². The fourth-order valence-corrected chi connectivity index (χ4v) is 2.43. The number of aromatic nitrogens is 4. The first-order valence-corrected chi connectivity index (χ1v) is 7.89. The summed E-state index contributed by atoms with van der Waals surface area (Å²) in [5, 5.41) is 3.15. The van der Waals surface area contributed by atoms with Gasteiger partial charge in [0, 0.05) is 57.5 Å². The fourth-order valence-electron chi connectivity index (χ4n) is 2.43. The molecule has 0 aliphatic carbocycles. The third-order valence-electron chi connectivity index (χ3n) is 3.69. The van der Waals surface area contributed by atoms with Gasteiger partial charge in [0.15, 0.2) is 5.96 Å². The highest BCUT2D eigenvalue weighted by Crippen LogP contribution is 2.09. The lowest BCUT2D eigenvalue weighted by Gasteiger charge is -2.35. The van der Waals surface area contributed by atoms with Gasteiger partial charge in [-0.05, 0) is 6.07 Å². The maximum absolute atomic E-state index is 6.08. The molecule has 2 aromatic heterocycles. The summed E-state index contributed by atoms with van der Waals surface area (Å²) in [6.07, 6.45) is 8.48. The van der Waals surface area contributed by atoms with E-state index in [2.05, 4.69) is 40.0 Å². The molecule has 0 atom stereocenters. The van der Waals surface area contributed by atoms with Crippen LogP contribution >= 0.6 is 24.0 Å². The average Bonchev–Trinajstić information content (AvgIpc) is 2.67. The molecule has 0 unspecified atom stereocenters. The number of guanidine groups is 1. The molecule has 1 fully saturated rings. The Balaban J connectivity index is 0.00000225. The van der Waals surface area contributed by atoms with Crippen molar-refractivity contribution in [2.75, 3.05) is 49.5 Å². The van der Waals surface area contributed by atoms with Gasteiger partial charge in [-0.1, -0.05) is 0 Å². The highest BCUT2D eigenvalue weighted by atomic mass is 127. The molecule has 25 heavy (non-hydrogen) atoms. The molecule has 0 spiro atoms. The summed E-state index contributed by atoms with van der Waals surface area (Å²) >= 11 is 0. The number of nitrogens with two attached hydrogens (primary N) is 1. The second kappa shape index (κ2) is 9.91. The summed E-state index contributed by atoms with van der Waals surface area (Å²) in [5.41, 5.74) is 6.08. The molecule has 0 saturated carbocycles. The molecule has 9 nitrogen and oxygen atoms in total. The number of piperazine rings is 1. The van der Waals surface area contributed by atoms with Crippen LogP contribution in [0.2, 0.25) is 0 Å². The van der Waals surface area contributed by atoms with Crippen molar-refractivity contribution in [3.63, 3.8) is 0 Å². The van der Waals surface area contributed by atoms with Gasteiger partial charge in [0.1, 0.15) is 5.82 Å². The summed E-state index contributed by atoms with van der Waals surface area (Å²) in [5.74, 6) is 2.08. The number of nitrogens with zero attached hydrogens (tertiary/aromatic N) is 7. The van der Waals surface area contributed by atoms with Crippen LogP contribution in [0.5, 0.6) is 0 Å². The van der Waals surface area contributed by atoms with Crippen molar-refractivity contribution in [3.8, 4) is 0 Å². The molecule has 3 heterocycles. The van der Waals surface area contributed by atoms with Crippen LogP contribution < -0.4 is 16.0 Å². The van der Waals surface area contributed by atoms with Gasteiger partial charge in [-0.2, -0.15) is 0 Å². The molecule has 10 heteroatoms. The van der Waals surface area contributed by atoms with Gasteiger partial charge in [0.2, 0.25) is 5.95 Å². The van der Waals surface area contributed by atoms with Crippen molar-refractivity contribution < 1.29 is 0 Å². The van der Waals surface area contributed by atoms with Crippen molar-refractivity contribution in [2.45, 2.75) is 0 Å². The zero-order valence-corrected chi connectivity index (χ0v) is 16.2. The standard InChI is InChI=1S/C15H21N9.HI/c16-14(20-7-6-19-13-12-17-4-5-18-13)23-8-10-24(11-9-23)15-21-2-1-3-22-15;/h1-5,12H,6-11H2,(H2,16,20)(H,18,19);1H. The van der Waals surface area contributed by atoms with Crippen LogP contribution in [0.3, 0.4) is 0 Å². The number of hydrogen-bond donors (Lipinski definition) is 2. The molecule has 3 rings (SSSR count). The Morgan fingerprint density at radius 3 is 2.52 bits per heavy atom. The number of anilines is 2. The highest BCUT2D eigenvalue weighted by Gasteiger charge is 2.19. The first-order chi connectivity index (χ1) is 11.8. The largest absolute Gasteiger partial charge is 0.370 e. The van der Waals surface area contributed by atoms with Crippen molar-refractivity contribution in [1.82, 2.24) is 24.8 Å². The molecule has 1 aliphatic heterocycles. The topological polar surface area (TPSA) is 108 Å². The smallest absolute Gasteiger partial charge is 0.225 e. The number of halogens is 1. The predicted molar refractivity (Wildman–Crippen MR) is 108 cm³/mol. The van der Waals surface area contributed by atoms with E-state index < -0.39 is 0 Å². The normalized spacial score (nSPS) is 14.8. The van der Waals surface area contributed by atoms with E-state index in [-0.39, 0.29) is 24.0 Å². The second-order valence-electron chi connectivity index (χ2n) is 5.28. The Morgan fingerprint density at radius 2 is 1.84 bits per heavy atom. The van der Waals surface area contributed by atoms with Crippen LogP contribution in [0.15, 0.2) is 42.0 Å². The van der Waals surface area contributed by atoms with Crippen LogP contribution in [0.4, 0.5) is 11.8 Å². The third-order valence-corrected chi connectivity index (χ3v) is 3.69. The summed E-state index contributed by atoms with van der Waals surface area (Å²) in [7, 11) is 0. The molecule has 0 bridgehead atoms. The van der Waals surface area contributed by atoms with E-state index in [0.717, 1.165) is 37.9 Å². The van der Waals surface area contributed by atoms with Gasteiger partial charge in [-0.25, -0.2) is 15.0 Å². The lowest BCUT2D eigenvalue weighted by atomic mass is 10.3. The first kappa shape index (κ1) is 19.1. The highest BCUT2D eigenvalue weighted by molar-refractivity contribution is 14.0. The summed E-state index contributed by atoms with van der Waals surface area (Å²) < 4.78 is 0. The van der Waals surface area contributed by atoms with Crippen LogP contribution in [0.1, 0.15) is 0 Å². The second-order valence-corrected chi connectivity index (χ2v) is 5.28. The molecular weight excluding hydrogens is 433 g/mol. The number of nitrogens with one attached hydrogen (secondary N) is 1. The Bertz CT molecular complexity index is 645. The SMILES string of the molecule is I.NC(=NCCNc1cnccn1)N1CCN(c2ncccn2)CC1. The summed E-state index contributed by atoms with van der Waals surface area (Å²) in [4.78, 5) is 25.3. The predicted octanol–water partition coefficient (Wildman–Crippen LogP) is 0.433. The molecule has 0 radical (unpaired) electrons. The van der Waals surface area contributed by atoms with Crippen molar-refractivity contribution in [2.24, 2.45) is 10.7 Å². The Labute approximate surface area is 163 Å². The van der Waals surface area contributed by atoms with Crippen molar-refractivity contribution in [1.29, 1.82) is 0 Å². The first-order valence-electron chi connectivity index (χ1n) is 7.89. The molecule has 0 amide bonds. The quantitative estimate of drug-likeness (QED) is 0.289. The minimum Gasteiger partial charge on any atom is -0.370 e. The Kier molecular flexibility index (Phi) is 7.57. The zero-order valence-electron chi connectivity index (χ0n) is 13.8. The molecule has 3 N–H and O–H groups in total. The van der Waals surface area contributed by atoms with E-state index in [1.807, 2.05) is 6.07 Å². The Hall–Kier alpha value is -2.24. The maximum atomic E-state index is 6.08. The van der Waals surface area contributed by atoms with E-state index in [1.54, 1.807) is 31.0 Å². The molecule has 2 aromatic rings. The van der Waals surface area contributed by atoms with E-state index >= 15 is 0 Å². The molecular formula is C15H22IN9. The molecule has 1 aliphatic rings. The van der Waals surface area contributed by atoms with Crippen molar-refractivity contribution in [3.05, 3.63) is 37.1 Å². The van der Waals surface area contributed by atoms with Gasteiger partial charge in [-0.3, -0.25) is 9.98 Å². The Morgan fingerprint density at radius 1 is 1.08 bits per heavy atom. The number of rotatable bonds is 5. The summed E-state index contributed by atoms with van der Waals surface area (Å²) in [6.45, 7) is 4.54. The molecule has 1 saturated heterocycles. The van der Waals surface area contributed by atoms with Crippen LogP contribution in [0, 0.1) is 0 Å². The van der Waals surface area contributed by atoms with Crippen LogP contribution in [-0.4, -0.2) is 70.1 Å². The fraction of sp³-hybridized carbons (Fsp3) is 0.400. The molecule has 0 aromatic carbocycles. The number of aliphatic imine (C=N–C) groups is 1. The van der Waals surface area contributed by atoms with Gasteiger partial charge in [0.25, 0.3) is 0 Å². The maximum Gasteiger partial charge on any atom is 0.225 e. The van der Waals surface area contributed by atoms with E-state index in [0.29, 0.717) is 19.0 Å². The zero-order chi connectivity index (χ0) is 16.6. The molecule has 134 valence electrons. The lowest BCUT2D eigenvalue weighted by Crippen LogP contribution is -2.51. The van der Waals surface area contributed by atoms with E-state index in [1.165, 1.54) is 0 Å². The van der Waals surface area contributed by atoms with Gasteiger partial charge >= 0.3 is 0 Å². The summed E-state index contributed by atoms with van der Waals surface area (Å²) in [6, 6.07) is 1.82. The van der Waals surface area contributed by atoms with Crippen molar-refractivity contribution >= 4 is 41.7 Å². The van der Waals surface area contributed by atoms with E-state index in [4.69, 9.17) is 5.73 Å². The third kappa shape index (κ3) is 5.66. The lowest BCUT2D eigenvalue weighted by molar-refractivity contribution is 0.378. The van der Waals surface area contributed by atoms with Gasteiger partial charge in [0.05, 0.1) is 12.7 Å².